The molecule has 0 amide bonds. The first-order valence-corrected chi connectivity index (χ1v) is 6.17. The van der Waals surface area contributed by atoms with Crippen LogP contribution in [-0.2, 0) is 6.42 Å². The fourth-order valence-electron chi connectivity index (χ4n) is 2.93. The number of nitrogens with zero attached hydrogens (tertiary/aromatic N) is 4. The number of rotatable bonds is 1. The van der Waals surface area contributed by atoms with E-state index < -0.39 is 0 Å². The molecule has 2 aliphatic heterocycles. The van der Waals surface area contributed by atoms with E-state index in [2.05, 4.69) is 26.7 Å². The third kappa shape index (κ3) is 1.46. The van der Waals surface area contributed by atoms with Gasteiger partial charge in [0.2, 0.25) is 0 Å². The lowest BCUT2D eigenvalue weighted by Crippen LogP contribution is -2.29. The number of likely N-dealkylation sites (tertiary alicyclic amines) is 1. The van der Waals surface area contributed by atoms with Crippen LogP contribution in [0.15, 0.2) is 0 Å². The van der Waals surface area contributed by atoms with Crippen LogP contribution in [0, 0.1) is 0 Å². The van der Waals surface area contributed by atoms with Crippen LogP contribution in [0.4, 0.5) is 0 Å². The fourth-order valence-corrected chi connectivity index (χ4v) is 2.93. The Morgan fingerprint density at radius 1 is 1.25 bits per heavy atom. The van der Waals surface area contributed by atoms with Crippen LogP contribution < -0.4 is 5.73 Å². The highest BCUT2D eigenvalue weighted by Gasteiger charge is 2.31. The zero-order valence-electron chi connectivity index (χ0n) is 9.76. The lowest BCUT2D eigenvalue weighted by atomic mass is 10.1. The van der Waals surface area contributed by atoms with Crippen molar-refractivity contribution in [1.82, 2.24) is 19.7 Å². The molecule has 1 fully saturated rings. The summed E-state index contributed by atoms with van der Waals surface area (Å²) in [6, 6.07) is 0.422. The zero-order chi connectivity index (χ0) is 11.1. The highest BCUT2D eigenvalue weighted by atomic mass is 15.3. The maximum absolute atomic E-state index is 6.17. The number of hydrogen-bond donors (Lipinski definition) is 1. The van der Waals surface area contributed by atoms with E-state index in [9.17, 15) is 0 Å². The van der Waals surface area contributed by atoms with Crippen molar-refractivity contribution in [2.24, 2.45) is 5.73 Å². The first-order valence-electron chi connectivity index (χ1n) is 6.17. The van der Waals surface area contributed by atoms with Gasteiger partial charge in [-0.25, -0.2) is 0 Å². The summed E-state index contributed by atoms with van der Waals surface area (Å²) in [6.07, 6.45) is 5.73. The van der Waals surface area contributed by atoms with Crippen LogP contribution in [0.5, 0.6) is 0 Å². The molecule has 1 aromatic heterocycles. The quantitative estimate of drug-likeness (QED) is 0.763. The van der Waals surface area contributed by atoms with Crippen molar-refractivity contribution >= 4 is 0 Å². The molecule has 3 rings (SSSR count). The van der Waals surface area contributed by atoms with E-state index in [1.54, 1.807) is 0 Å². The van der Waals surface area contributed by atoms with Gasteiger partial charge in [0, 0.05) is 6.42 Å². The molecule has 2 N–H and O–H groups in total. The summed E-state index contributed by atoms with van der Waals surface area (Å²) in [5.41, 5.74) is 6.17. The van der Waals surface area contributed by atoms with Crippen molar-refractivity contribution in [2.75, 3.05) is 13.6 Å². The molecular formula is C11H19N5. The summed E-state index contributed by atoms with van der Waals surface area (Å²) in [5.74, 6) is 2.16. The second-order valence-corrected chi connectivity index (χ2v) is 4.94. The lowest BCUT2D eigenvalue weighted by Gasteiger charge is -2.26. The van der Waals surface area contributed by atoms with Gasteiger partial charge in [-0.05, 0) is 39.3 Å². The predicted octanol–water partition coefficient (Wildman–Crippen LogP) is 0.838. The second-order valence-electron chi connectivity index (χ2n) is 4.94. The Hall–Kier alpha value is -0.940. The number of hydrogen-bond acceptors (Lipinski definition) is 4. The number of fused-ring (bicyclic) bond motifs is 1. The SMILES string of the molecule is CN1CCCC1c1nnc2n1C(N)CCC2. The van der Waals surface area contributed by atoms with Gasteiger partial charge in [0.25, 0.3) is 0 Å². The van der Waals surface area contributed by atoms with Gasteiger partial charge < -0.3 is 5.73 Å². The van der Waals surface area contributed by atoms with Gasteiger partial charge in [-0.3, -0.25) is 9.47 Å². The molecule has 2 atom stereocenters. The van der Waals surface area contributed by atoms with Crippen molar-refractivity contribution in [3.8, 4) is 0 Å². The molecule has 2 unspecified atom stereocenters. The Morgan fingerprint density at radius 3 is 2.88 bits per heavy atom. The van der Waals surface area contributed by atoms with Gasteiger partial charge in [0.1, 0.15) is 5.82 Å². The van der Waals surface area contributed by atoms with Gasteiger partial charge in [-0.15, -0.1) is 10.2 Å². The molecule has 5 heteroatoms. The van der Waals surface area contributed by atoms with Gasteiger partial charge in [-0.2, -0.15) is 0 Å². The predicted molar refractivity (Wildman–Crippen MR) is 60.8 cm³/mol. The lowest BCUT2D eigenvalue weighted by molar-refractivity contribution is 0.283. The number of aromatic nitrogens is 3. The van der Waals surface area contributed by atoms with E-state index in [-0.39, 0.29) is 6.17 Å². The molecule has 5 nitrogen and oxygen atoms in total. The standard InChI is InChI=1S/C11H19N5/c1-15-7-3-4-8(15)11-14-13-10-6-2-5-9(12)16(10)11/h8-9H,2-7,12H2,1H3. The van der Waals surface area contributed by atoms with Gasteiger partial charge in [-0.1, -0.05) is 0 Å². The Morgan fingerprint density at radius 2 is 2.12 bits per heavy atom. The maximum Gasteiger partial charge on any atom is 0.151 e. The van der Waals surface area contributed by atoms with Crippen molar-refractivity contribution in [3.63, 3.8) is 0 Å². The fraction of sp³-hybridized carbons (Fsp3) is 0.818. The minimum Gasteiger partial charge on any atom is -0.311 e. The highest BCUT2D eigenvalue weighted by molar-refractivity contribution is 5.07. The largest absolute Gasteiger partial charge is 0.311 e. The summed E-state index contributed by atoms with van der Waals surface area (Å²) in [7, 11) is 2.16. The third-order valence-electron chi connectivity index (χ3n) is 3.84. The molecule has 0 spiro atoms. The van der Waals surface area contributed by atoms with Crippen molar-refractivity contribution in [1.29, 1.82) is 0 Å². The third-order valence-corrected chi connectivity index (χ3v) is 3.84. The van der Waals surface area contributed by atoms with Crippen molar-refractivity contribution in [2.45, 2.75) is 44.3 Å². The van der Waals surface area contributed by atoms with Crippen LogP contribution in [0.3, 0.4) is 0 Å². The molecule has 0 radical (unpaired) electrons. The molecule has 2 aliphatic rings. The number of aryl methyl sites for hydroxylation is 1. The smallest absolute Gasteiger partial charge is 0.151 e. The normalized spacial score (nSPS) is 30.6. The monoisotopic (exact) mass is 221 g/mol. The molecule has 0 aromatic carbocycles. The molecule has 3 heterocycles. The minimum atomic E-state index is 0.0859. The maximum atomic E-state index is 6.17. The first kappa shape index (κ1) is 10.2. The minimum absolute atomic E-state index is 0.0859. The summed E-state index contributed by atoms with van der Waals surface area (Å²) < 4.78 is 2.18. The average Bonchev–Trinajstić information content (AvgIpc) is 2.84. The van der Waals surface area contributed by atoms with Crippen LogP contribution in [-0.4, -0.2) is 33.3 Å². The Labute approximate surface area is 95.6 Å². The van der Waals surface area contributed by atoms with Crippen molar-refractivity contribution < 1.29 is 0 Å². The van der Waals surface area contributed by atoms with E-state index in [0.717, 1.165) is 37.5 Å². The molecular weight excluding hydrogens is 202 g/mol. The molecule has 0 saturated carbocycles. The number of nitrogens with two attached hydrogens (primary N) is 1. The zero-order valence-corrected chi connectivity index (χ0v) is 9.76. The van der Waals surface area contributed by atoms with Crippen LogP contribution in [0.2, 0.25) is 0 Å². The molecule has 0 aliphatic carbocycles. The molecule has 88 valence electrons. The van der Waals surface area contributed by atoms with E-state index in [1.165, 1.54) is 12.8 Å². The van der Waals surface area contributed by atoms with Crippen LogP contribution in [0.25, 0.3) is 0 Å². The van der Waals surface area contributed by atoms with Gasteiger partial charge in [0.05, 0.1) is 12.2 Å². The van der Waals surface area contributed by atoms with Crippen LogP contribution in [0.1, 0.15) is 49.5 Å². The summed E-state index contributed by atoms with van der Waals surface area (Å²) >= 11 is 0. The van der Waals surface area contributed by atoms with Gasteiger partial charge in [0.15, 0.2) is 5.82 Å². The highest BCUT2D eigenvalue weighted by Crippen LogP contribution is 2.32. The second kappa shape index (κ2) is 3.82. The Bertz CT molecular complexity index is 386. The van der Waals surface area contributed by atoms with E-state index in [0.29, 0.717) is 6.04 Å². The summed E-state index contributed by atoms with van der Waals surface area (Å²) in [5, 5.41) is 8.66. The Balaban J connectivity index is 1.98. The van der Waals surface area contributed by atoms with Crippen LogP contribution >= 0.6 is 0 Å². The van der Waals surface area contributed by atoms with E-state index in [1.807, 2.05) is 0 Å². The van der Waals surface area contributed by atoms with E-state index in [4.69, 9.17) is 5.73 Å². The molecule has 1 aromatic rings. The first-order chi connectivity index (χ1) is 7.77. The summed E-state index contributed by atoms with van der Waals surface area (Å²) in [4.78, 5) is 2.36. The molecule has 1 saturated heterocycles. The van der Waals surface area contributed by atoms with Crippen molar-refractivity contribution in [3.05, 3.63) is 11.6 Å². The van der Waals surface area contributed by atoms with E-state index >= 15 is 0 Å². The Kier molecular flexibility index (Phi) is 2.44. The summed E-state index contributed by atoms with van der Waals surface area (Å²) in [6.45, 7) is 1.15. The average molecular weight is 221 g/mol. The molecule has 0 bridgehead atoms. The molecule has 16 heavy (non-hydrogen) atoms. The topological polar surface area (TPSA) is 60.0 Å². The van der Waals surface area contributed by atoms with Gasteiger partial charge >= 0.3 is 0 Å².